The van der Waals surface area contributed by atoms with Gasteiger partial charge in [-0.25, -0.2) is 0 Å². The van der Waals surface area contributed by atoms with E-state index < -0.39 is 6.04 Å². The molecule has 0 saturated carbocycles. The first-order valence-electron chi connectivity index (χ1n) is 6.93. The number of hydrogen-bond donors (Lipinski definition) is 2. The second-order valence-electron chi connectivity index (χ2n) is 5.07. The molecule has 20 heavy (non-hydrogen) atoms. The Morgan fingerprint density at radius 2 is 2.15 bits per heavy atom. The Balaban J connectivity index is 2.47. The number of benzene rings is 1. The highest BCUT2D eigenvalue weighted by Gasteiger charge is 2.38. The number of nitrogens with zero attached hydrogens (tertiary/aromatic N) is 1. The molecule has 5 nitrogen and oxygen atoms in total. The van der Waals surface area contributed by atoms with E-state index >= 15 is 0 Å². The zero-order valence-electron chi connectivity index (χ0n) is 11.8. The molecule has 0 bridgehead atoms. The van der Waals surface area contributed by atoms with E-state index in [9.17, 15) is 9.59 Å². The summed E-state index contributed by atoms with van der Waals surface area (Å²) in [7, 11) is 0. The molecule has 0 unspecified atom stereocenters. The molecule has 108 valence electrons. The average molecular weight is 276 g/mol. The summed E-state index contributed by atoms with van der Waals surface area (Å²) in [4.78, 5) is 26.2. The van der Waals surface area contributed by atoms with Gasteiger partial charge in [0.25, 0.3) is 0 Å². The van der Waals surface area contributed by atoms with Crippen molar-refractivity contribution in [2.45, 2.75) is 32.7 Å². The third-order valence-corrected chi connectivity index (χ3v) is 3.75. The van der Waals surface area contributed by atoms with Crippen LogP contribution in [-0.2, 0) is 9.59 Å². The quantitative estimate of drug-likeness (QED) is 0.880. The topological polar surface area (TPSA) is 69.6 Å². The summed E-state index contributed by atoms with van der Waals surface area (Å²) in [6.45, 7) is 3.73. The van der Waals surface area contributed by atoms with E-state index in [2.05, 4.69) is 5.32 Å². The second kappa shape index (κ2) is 6.05. The molecule has 1 aliphatic rings. The second-order valence-corrected chi connectivity index (χ2v) is 5.07. The Kier molecular flexibility index (Phi) is 4.39. The van der Waals surface area contributed by atoms with Crippen molar-refractivity contribution in [1.82, 2.24) is 0 Å². The van der Waals surface area contributed by atoms with Gasteiger partial charge in [-0.3, -0.25) is 14.5 Å². The van der Waals surface area contributed by atoms with Crippen molar-refractivity contribution in [2.24, 2.45) is 5.92 Å². The molecule has 1 aliphatic heterocycles. The zero-order chi connectivity index (χ0) is 14.7. The van der Waals surface area contributed by atoms with Crippen LogP contribution in [-0.4, -0.2) is 29.6 Å². The highest BCUT2D eigenvalue weighted by Crippen LogP contribution is 2.35. The third-order valence-electron chi connectivity index (χ3n) is 3.75. The first-order chi connectivity index (χ1) is 9.60. The fraction of sp³-hybridized carbons (Fsp3) is 0.467. The number of anilines is 2. The molecule has 0 saturated heterocycles. The van der Waals surface area contributed by atoms with Gasteiger partial charge >= 0.3 is 0 Å². The number of nitrogens with one attached hydrogen (secondary N) is 1. The van der Waals surface area contributed by atoms with Gasteiger partial charge in [-0.1, -0.05) is 32.4 Å². The first kappa shape index (κ1) is 14.5. The smallest absolute Gasteiger partial charge is 0.247 e. The summed E-state index contributed by atoms with van der Waals surface area (Å²) >= 11 is 0. The van der Waals surface area contributed by atoms with Crippen molar-refractivity contribution in [3.63, 3.8) is 0 Å². The van der Waals surface area contributed by atoms with Crippen molar-refractivity contribution in [2.75, 3.05) is 16.8 Å². The van der Waals surface area contributed by atoms with E-state index in [1.807, 2.05) is 32.0 Å². The molecule has 0 aliphatic carbocycles. The van der Waals surface area contributed by atoms with E-state index in [-0.39, 0.29) is 30.8 Å². The lowest BCUT2D eigenvalue weighted by Crippen LogP contribution is -2.54. The van der Waals surface area contributed by atoms with Crippen LogP contribution in [0.25, 0.3) is 0 Å². The van der Waals surface area contributed by atoms with Crippen molar-refractivity contribution in [3.05, 3.63) is 24.3 Å². The van der Waals surface area contributed by atoms with Gasteiger partial charge in [-0.05, 0) is 18.1 Å². The number of aliphatic hydroxyl groups excluding tert-OH is 1. The van der Waals surface area contributed by atoms with Gasteiger partial charge < -0.3 is 10.4 Å². The normalized spacial score (nSPS) is 19.2. The Hall–Kier alpha value is -1.88. The van der Waals surface area contributed by atoms with Gasteiger partial charge in [0.1, 0.15) is 6.04 Å². The predicted octanol–water partition coefficient (Wildman–Crippen LogP) is 1.77. The van der Waals surface area contributed by atoms with Gasteiger partial charge in [0.15, 0.2) is 0 Å². The number of fused-ring (bicyclic) bond motifs is 1. The minimum Gasteiger partial charge on any atom is -0.396 e. The number of rotatable bonds is 4. The van der Waals surface area contributed by atoms with Crippen LogP contribution in [0.3, 0.4) is 0 Å². The van der Waals surface area contributed by atoms with E-state index in [0.29, 0.717) is 11.4 Å². The number of amides is 2. The van der Waals surface area contributed by atoms with Gasteiger partial charge in [0.2, 0.25) is 11.8 Å². The Morgan fingerprint density at radius 1 is 1.45 bits per heavy atom. The number of carbonyl (C=O) groups excluding carboxylic acids is 2. The molecule has 2 rings (SSSR count). The molecule has 0 radical (unpaired) electrons. The fourth-order valence-corrected chi connectivity index (χ4v) is 2.50. The molecule has 0 aromatic heterocycles. The van der Waals surface area contributed by atoms with Crippen LogP contribution < -0.4 is 10.2 Å². The molecule has 2 amide bonds. The maximum Gasteiger partial charge on any atom is 0.247 e. The summed E-state index contributed by atoms with van der Waals surface area (Å²) in [5.74, 6) is -0.338. The molecule has 1 aromatic carbocycles. The summed E-state index contributed by atoms with van der Waals surface area (Å²) < 4.78 is 0. The lowest BCUT2D eigenvalue weighted by atomic mass is 9.93. The summed E-state index contributed by atoms with van der Waals surface area (Å²) in [6, 6.07) is 6.73. The van der Waals surface area contributed by atoms with E-state index in [0.717, 1.165) is 6.42 Å². The minimum absolute atomic E-state index is 0.0224. The zero-order valence-corrected chi connectivity index (χ0v) is 11.8. The number of para-hydroxylation sites is 2. The third kappa shape index (κ3) is 2.54. The van der Waals surface area contributed by atoms with Gasteiger partial charge in [0, 0.05) is 0 Å². The van der Waals surface area contributed by atoms with Gasteiger partial charge in [0.05, 0.1) is 24.4 Å². The van der Waals surface area contributed by atoms with Gasteiger partial charge in [-0.15, -0.1) is 0 Å². The van der Waals surface area contributed by atoms with E-state index in [1.165, 1.54) is 0 Å². The Labute approximate surface area is 118 Å². The largest absolute Gasteiger partial charge is 0.396 e. The van der Waals surface area contributed by atoms with Crippen LogP contribution in [0.5, 0.6) is 0 Å². The lowest BCUT2D eigenvalue weighted by Gasteiger charge is -2.39. The standard InChI is InChI=1S/C15H20N2O3/c1-3-10(2)14-15(20)16-11-6-4-5-7-12(11)17(14)13(19)8-9-18/h4-7,10,14,18H,3,8-9H2,1-2H3,(H,16,20)/t10-,14-/m0/s1. The lowest BCUT2D eigenvalue weighted by molar-refractivity contribution is -0.125. The SMILES string of the molecule is CC[C@H](C)[C@H]1C(=O)Nc2ccccc2N1C(=O)CCO. The minimum atomic E-state index is -0.519. The first-order valence-corrected chi connectivity index (χ1v) is 6.93. The summed E-state index contributed by atoms with van der Waals surface area (Å²) in [5.41, 5.74) is 1.35. The monoisotopic (exact) mass is 276 g/mol. The number of carbonyl (C=O) groups is 2. The Bertz CT molecular complexity index is 516. The molecular weight excluding hydrogens is 256 g/mol. The van der Waals surface area contributed by atoms with E-state index in [1.54, 1.807) is 11.0 Å². The molecule has 2 N–H and O–H groups in total. The van der Waals surface area contributed by atoms with Crippen LogP contribution in [0, 0.1) is 5.92 Å². The van der Waals surface area contributed by atoms with Crippen LogP contribution in [0.15, 0.2) is 24.3 Å². The highest BCUT2D eigenvalue weighted by atomic mass is 16.3. The molecule has 1 heterocycles. The summed E-state index contributed by atoms with van der Waals surface area (Å²) in [5, 5.41) is 11.9. The van der Waals surface area contributed by atoms with Crippen molar-refractivity contribution in [3.8, 4) is 0 Å². The number of hydrogen-bond acceptors (Lipinski definition) is 3. The molecule has 0 spiro atoms. The fourth-order valence-electron chi connectivity index (χ4n) is 2.50. The Morgan fingerprint density at radius 3 is 2.80 bits per heavy atom. The van der Waals surface area contributed by atoms with Crippen LogP contribution >= 0.6 is 0 Å². The maximum absolute atomic E-state index is 12.3. The average Bonchev–Trinajstić information content (AvgIpc) is 2.45. The molecule has 1 aromatic rings. The predicted molar refractivity (Wildman–Crippen MR) is 77.5 cm³/mol. The highest BCUT2D eigenvalue weighted by molar-refractivity contribution is 6.12. The molecular formula is C15H20N2O3. The molecule has 0 fully saturated rings. The molecule has 2 atom stereocenters. The van der Waals surface area contributed by atoms with E-state index in [4.69, 9.17) is 5.11 Å². The molecule has 5 heteroatoms. The van der Waals surface area contributed by atoms with Crippen LogP contribution in [0.2, 0.25) is 0 Å². The number of aliphatic hydroxyl groups is 1. The maximum atomic E-state index is 12.3. The van der Waals surface area contributed by atoms with Gasteiger partial charge in [-0.2, -0.15) is 0 Å². The van der Waals surface area contributed by atoms with Crippen molar-refractivity contribution < 1.29 is 14.7 Å². The van der Waals surface area contributed by atoms with Crippen LogP contribution in [0.1, 0.15) is 26.7 Å². The van der Waals surface area contributed by atoms with Crippen molar-refractivity contribution in [1.29, 1.82) is 0 Å². The summed E-state index contributed by atoms with van der Waals surface area (Å²) in [6.07, 6.45) is 0.817. The van der Waals surface area contributed by atoms with Crippen molar-refractivity contribution >= 4 is 23.2 Å². The van der Waals surface area contributed by atoms with Crippen LogP contribution in [0.4, 0.5) is 11.4 Å².